The van der Waals surface area contributed by atoms with Gasteiger partial charge in [0, 0.05) is 10.8 Å². The number of amides is 2. The predicted molar refractivity (Wildman–Crippen MR) is 77.6 cm³/mol. The Bertz CT molecular complexity index is 560. The van der Waals surface area contributed by atoms with Crippen LogP contribution in [0.1, 0.15) is 21.0 Å². The number of rotatable bonds is 4. The van der Waals surface area contributed by atoms with Crippen LogP contribution in [0.2, 0.25) is 0 Å². The van der Waals surface area contributed by atoms with Gasteiger partial charge in [-0.05, 0) is 35.2 Å². The SMILES string of the molecule is O=C(N[C@H]1COC[C@H]1NC(=O)c1ccsn1)c1ccsn1. The van der Waals surface area contributed by atoms with Crippen LogP contribution in [-0.2, 0) is 4.74 Å². The van der Waals surface area contributed by atoms with Gasteiger partial charge in [-0.15, -0.1) is 0 Å². The molecule has 110 valence electrons. The zero-order chi connectivity index (χ0) is 14.7. The molecule has 0 aliphatic carbocycles. The predicted octanol–water partition coefficient (Wildman–Crippen LogP) is 0.527. The minimum Gasteiger partial charge on any atom is -0.377 e. The summed E-state index contributed by atoms with van der Waals surface area (Å²) in [6.07, 6.45) is 0. The van der Waals surface area contributed by atoms with Crippen LogP contribution in [0.3, 0.4) is 0 Å². The Morgan fingerprint density at radius 1 is 1.00 bits per heavy atom. The molecule has 1 fully saturated rings. The molecule has 1 saturated heterocycles. The van der Waals surface area contributed by atoms with Crippen molar-refractivity contribution in [3.63, 3.8) is 0 Å². The van der Waals surface area contributed by atoms with E-state index in [0.717, 1.165) is 0 Å². The van der Waals surface area contributed by atoms with Gasteiger partial charge in [-0.25, -0.2) is 0 Å². The van der Waals surface area contributed by atoms with Gasteiger partial charge in [0.25, 0.3) is 11.8 Å². The molecule has 3 heterocycles. The summed E-state index contributed by atoms with van der Waals surface area (Å²) < 4.78 is 13.3. The van der Waals surface area contributed by atoms with Crippen LogP contribution < -0.4 is 10.6 Å². The van der Waals surface area contributed by atoms with E-state index in [4.69, 9.17) is 4.74 Å². The molecule has 3 rings (SSSR count). The Balaban J connectivity index is 1.60. The highest BCUT2D eigenvalue weighted by Gasteiger charge is 2.31. The Morgan fingerprint density at radius 3 is 1.86 bits per heavy atom. The molecule has 2 aromatic heterocycles. The highest BCUT2D eigenvalue weighted by molar-refractivity contribution is 7.03. The molecular weight excluding hydrogens is 312 g/mol. The van der Waals surface area contributed by atoms with Gasteiger partial charge in [0.05, 0.1) is 25.3 Å². The minimum absolute atomic E-state index is 0.264. The van der Waals surface area contributed by atoms with Crippen LogP contribution in [0.15, 0.2) is 22.9 Å². The van der Waals surface area contributed by atoms with E-state index >= 15 is 0 Å². The highest BCUT2D eigenvalue weighted by Crippen LogP contribution is 2.09. The maximum atomic E-state index is 12.0. The number of nitrogens with zero attached hydrogens (tertiary/aromatic N) is 2. The molecule has 0 bridgehead atoms. The molecule has 0 aromatic carbocycles. The molecule has 0 radical (unpaired) electrons. The quantitative estimate of drug-likeness (QED) is 0.855. The molecule has 7 nitrogen and oxygen atoms in total. The van der Waals surface area contributed by atoms with Crippen LogP contribution in [0, 0.1) is 0 Å². The molecule has 0 saturated carbocycles. The van der Waals surface area contributed by atoms with Crippen molar-refractivity contribution in [2.45, 2.75) is 12.1 Å². The number of aromatic nitrogens is 2. The maximum Gasteiger partial charge on any atom is 0.271 e. The third-order valence-corrected chi connectivity index (χ3v) is 4.17. The summed E-state index contributed by atoms with van der Waals surface area (Å²) in [5.41, 5.74) is 0.743. The average Bonchev–Trinajstić information content (AvgIpc) is 3.22. The van der Waals surface area contributed by atoms with E-state index in [1.165, 1.54) is 23.1 Å². The Kier molecular flexibility index (Phi) is 4.23. The lowest BCUT2D eigenvalue weighted by Crippen LogP contribution is -2.51. The monoisotopic (exact) mass is 324 g/mol. The number of hydrogen-bond donors (Lipinski definition) is 2. The molecule has 2 atom stereocenters. The van der Waals surface area contributed by atoms with Crippen molar-refractivity contribution in [2.24, 2.45) is 0 Å². The van der Waals surface area contributed by atoms with Gasteiger partial charge in [-0.2, -0.15) is 8.75 Å². The lowest BCUT2D eigenvalue weighted by Gasteiger charge is -2.19. The van der Waals surface area contributed by atoms with E-state index in [9.17, 15) is 9.59 Å². The molecule has 1 aliphatic heterocycles. The van der Waals surface area contributed by atoms with Crippen LogP contribution in [-0.4, -0.2) is 45.9 Å². The van der Waals surface area contributed by atoms with E-state index in [0.29, 0.717) is 24.6 Å². The van der Waals surface area contributed by atoms with E-state index < -0.39 is 0 Å². The van der Waals surface area contributed by atoms with Crippen molar-refractivity contribution in [3.05, 3.63) is 34.3 Å². The Morgan fingerprint density at radius 2 is 1.48 bits per heavy atom. The first kappa shape index (κ1) is 14.1. The van der Waals surface area contributed by atoms with Crippen molar-refractivity contribution in [3.8, 4) is 0 Å². The molecule has 9 heteroatoms. The minimum atomic E-state index is -0.276. The van der Waals surface area contributed by atoms with Crippen molar-refractivity contribution in [2.75, 3.05) is 13.2 Å². The second-order valence-corrected chi connectivity index (χ2v) is 5.80. The lowest BCUT2D eigenvalue weighted by molar-refractivity contribution is 0.0893. The number of hydrogen-bond acceptors (Lipinski definition) is 7. The summed E-state index contributed by atoms with van der Waals surface area (Å²) in [4.78, 5) is 24.0. The van der Waals surface area contributed by atoms with E-state index in [-0.39, 0.29) is 23.9 Å². The molecule has 2 aromatic rings. The third-order valence-electron chi connectivity index (χ3n) is 3.05. The summed E-state index contributed by atoms with van der Waals surface area (Å²) in [6, 6.07) is 2.75. The first-order valence-corrected chi connectivity index (χ1v) is 7.91. The van der Waals surface area contributed by atoms with Gasteiger partial charge in [-0.1, -0.05) is 0 Å². The number of carbonyl (C=O) groups excluding carboxylic acids is 2. The van der Waals surface area contributed by atoms with Crippen LogP contribution >= 0.6 is 23.1 Å². The molecular formula is C12H12N4O3S2. The molecule has 0 spiro atoms. The van der Waals surface area contributed by atoms with Crippen LogP contribution in [0.5, 0.6) is 0 Å². The van der Waals surface area contributed by atoms with Gasteiger partial charge >= 0.3 is 0 Å². The summed E-state index contributed by atoms with van der Waals surface area (Å²) in [5, 5.41) is 9.13. The summed E-state index contributed by atoms with van der Waals surface area (Å²) in [6.45, 7) is 0.718. The molecule has 2 amide bonds. The fourth-order valence-electron chi connectivity index (χ4n) is 1.98. The zero-order valence-corrected chi connectivity index (χ0v) is 12.4. The average molecular weight is 324 g/mol. The summed E-state index contributed by atoms with van der Waals surface area (Å²) >= 11 is 2.43. The molecule has 1 aliphatic rings. The van der Waals surface area contributed by atoms with Crippen molar-refractivity contribution in [1.29, 1.82) is 0 Å². The highest BCUT2D eigenvalue weighted by atomic mass is 32.1. The van der Waals surface area contributed by atoms with Crippen molar-refractivity contribution in [1.82, 2.24) is 19.4 Å². The van der Waals surface area contributed by atoms with Crippen LogP contribution in [0.4, 0.5) is 0 Å². The van der Waals surface area contributed by atoms with Crippen LogP contribution in [0.25, 0.3) is 0 Å². The normalized spacial score (nSPS) is 21.1. The zero-order valence-electron chi connectivity index (χ0n) is 10.8. The second-order valence-electron chi connectivity index (χ2n) is 4.47. The summed E-state index contributed by atoms with van der Waals surface area (Å²) in [7, 11) is 0. The third kappa shape index (κ3) is 3.26. The van der Waals surface area contributed by atoms with Gasteiger partial charge in [0.1, 0.15) is 11.4 Å². The number of ether oxygens (including phenoxy) is 1. The smallest absolute Gasteiger partial charge is 0.271 e. The number of nitrogens with one attached hydrogen (secondary N) is 2. The van der Waals surface area contributed by atoms with Crippen molar-refractivity contribution < 1.29 is 14.3 Å². The maximum absolute atomic E-state index is 12.0. The first-order chi connectivity index (χ1) is 10.2. The number of carbonyl (C=O) groups is 2. The largest absolute Gasteiger partial charge is 0.377 e. The van der Waals surface area contributed by atoms with Gasteiger partial charge in [-0.3, -0.25) is 9.59 Å². The molecule has 0 unspecified atom stereocenters. The first-order valence-electron chi connectivity index (χ1n) is 6.24. The van der Waals surface area contributed by atoms with Gasteiger partial charge in [0.15, 0.2) is 0 Å². The van der Waals surface area contributed by atoms with E-state index in [2.05, 4.69) is 19.4 Å². The lowest BCUT2D eigenvalue weighted by atomic mass is 10.1. The van der Waals surface area contributed by atoms with Crippen molar-refractivity contribution >= 4 is 34.9 Å². The Hall–Kier alpha value is -1.84. The molecule has 21 heavy (non-hydrogen) atoms. The van der Waals surface area contributed by atoms with E-state index in [1.54, 1.807) is 22.9 Å². The second kappa shape index (κ2) is 6.29. The van der Waals surface area contributed by atoms with Gasteiger partial charge < -0.3 is 15.4 Å². The topological polar surface area (TPSA) is 93.2 Å². The molecule has 2 N–H and O–H groups in total. The van der Waals surface area contributed by atoms with E-state index in [1.807, 2.05) is 0 Å². The fraction of sp³-hybridized carbons (Fsp3) is 0.333. The Labute approximate surface area is 128 Å². The fourth-order valence-corrected chi connectivity index (χ4v) is 3.00. The van der Waals surface area contributed by atoms with Gasteiger partial charge in [0.2, 0.25) is 0 Å². The summed E-state index contributed by atoms with van der Waals surface area (Å²) in [5.74, 6) is -0.528. The standard InChI is InChI=1S/C12H12N4O3S2/c17-11(7-1-3-20-15-7)13-9-5-19-6-10(9)14-12(18)8-2-4-21-16-8/h1-4,9-10H,5-6H2,(H,13,17)(H,14,18)/t9-,10+.